The fraction of sp³-hybridized carbons (Fsp3) is 0.357. The number of nitrogens with one attached hydrogen (secondary N) is 1. The van der Waals surface area contributed by atoms with Gasteiger partial charge in [-0.05, 0) is 36.0 Å². The number of anilines is 1. The second kappa shape index (κ2) is 10.1. The van der Waals surface area contributed by atoms with E-state index in [0.29, 0.717) is 19.5 Å². The Balaban J connectivity index is 1.32. The molecule has 0 spiro atoms. The second-order valence-electron chi connectivity index (χ2n) is 9.92. The molecule has 5 rings (SSSR count). The third kappa shape index (κ3) is 5.11. The summed E-state index contributed by atoms with van der Waals surface area (Å²) >= 11 is 0. The molecule has 2 aromatic carbocycles. The highest BCUT2D eigenvalue weighted by molar-refractivity contribution is 6.02. The van der Waals surface area contributed by atoms with Crippen LogP contribution in [-0.2, 0) is 16.9 Å². The summed E-state index contributed by atoms with van der Waals surface area (Å²) < 4.78 is 17.2. The number of likely N-dealkylation sites (tertiary alicyclic amines) is 1. The molecule has 37 heavy (non-hydrogen) atoms. The van der Waals surface area contributed by atoms with Gasteiger partial charge in [-0.25, -0.2) is 4.39 Å². The van der Waals surface area contributed by atoms with E-state index >= 15 is 4.39 Å². The quantitative estimate of drug-likeness (QED) is 0.487. The predicted molar refractivity (Wildman–Crippen MR) is 137 cm³/mol. The number of alkyl halides is 1. The van der Waals surface area contributed by atoms with Crippen LogP contribution in [0.3, 0.4) is 0 Å². The van der Waals surface area contributed by atoms with Crippen LogP contribution in [0.5, 0.6) is 0 Å². The normalized spacial score (nSPS) is 21.8. The predicted octanol–water partition coefficient (Wildman–Crippen LogP) is 3.85. The first-order valence-corrected chi connectivity index (χ1v) is 12.5. The minimum atomic E-state index is -1.42. The number of nitrogens with two attached hydrogens (primary N) is 1. The molecule has 3 aromatic rings. The molecule has 2 unspecified atom stereocenters. The van der Waals surface area contributed by atoms with E-state index in [1.807, 2.05) is 35.2 Å². The van der Waals surface area contributed by atoms with Crippen LogP contribution in [-0.4, -0.2) is 45.8 Å². The Hall–Kier alpha value is -4.03. The first-order chi connectivity index (χ1) is 17.9. The zero-order valence-corrected chi connectivity index (χ0v) is 20.4. The monoisotopic (exact) mass is 500 g/mol. The number of benzene rings is 2. The number of halogens is 1. The third-order valence-corrected chi connectivity index (χ3v) is 7.34. The van der Waals surface area contributed by atoms with Gasteiger partial charge in [0.05, 0.1) is 12.5 Å². The maximum Gasteiger partial charge on any atom is 0.254 e. The Bertz CT molecular complexity index is 1330. The summed E-state index contributed by atoms with van der Waals surface area (Å²) in [6.07, 6.45) is 1.72. The highest BCUT2D eigenvalue weighted by Crippen LogP contribution is 2.38. The molecule has 1 aliphatic carbocycles. The summed E-state index contributed by atoms with van der Waals surface area (Å²) in [6.45, 7) is 1.22. The molecular weight excluding hydrogens is 471 g/mol. The lowest BCUT2D eigenvalue weighted by Crippen LogP contribution is -2.54. The van der Waals surface area contributed by atoms with Gasteiger partial charge in [0, 0.05) is 31.7 Å². The zero-order valence-electron chi connectivity index (χ0n) is 20.4. The van der Waals surface area contributed by atoms with Crippen LogP contribution < -0.4 is 11.1 Å². The molecule has 2 atom stereocenters. The molecule has 3 N–H and O–H groups in total. The van der Waals surface area contributed by atoms with Crippen molar-refractivity contribution in [2.24, 2.45) is 11.7 Å². The SMILES string of the molecule is N#CCC1(n2cc(C(N)=O)c(NC(=O)C3CC3)n2)CCN(Cc2ccc(-c3ccccc3)cc2)CC1F. The van der Waals surface area contributed by atoms with Crippen LogP contribution in [0.15, 0.2) is 60.8 Å². The Labute approximate surface area is 214 Å². The molecule has 1 saturated carbocycles. The largest absolute Gasteiger partial charge is 0.365 e. The lowest BCUT2D eigenvalue weighted by atomic mass is 9.83. The van der Waals surface area contributed by atoms with Gasteiger partial charge in [0.2, 0.25) is 5.91 Å². The summed E-state index contributed by atoms with van der Waals surface area (Å²) in [5.41, 5.74) is 7.61. The fourth-order valence-corrected chi connectivity index (χ4v) is 4.95. The van der Waals surface area contributed by atoms with E-state index in [1.165, 1.54) is 10.9 Å². The summed E-state index contributed by atoms with van der Waals surface area (Å²) in [7, 11) is 0. The zero-order chi connectivity index (χ0) is 26.0. The number of aromatic nitrogens is 2. The number of carbonyl (C=O) groups is 2. The summed E-state index contributed by atoms with van der Waals surface area (Å²) in [5, 5.41) is 16.6. The molecule has 1 aliphatic heterocycles. The third-order valence-electron chi connectivity index (χ3n) is 7.34. The first-order valence-electron chi connectivity index (χ1n) is 12.5. The van der Waals surface area contributed by atoms with Gasteiger partial charge in [0.1, 0.15) is 17.3 Å². The number of primary amides is 1. The number of carbonyl (C=O) groups excluding carboxylic acids is 2. The fourth-order valence-electron chi connectivity index (χ4n) is 4.95. The van der Waals surface area contributed by atoms with Gasteiger partial charge in [-0.15, -0.1) is 0 Å². The molecule has 1 aromatic heterocycles. The smallest absolute Gasteiger partial charge is 0.254 e. The molecule has 190 valence electrons. The van der Waals surface area contributed by atoms with Crippen LogP contribution in [0.2, 0.25) is 0 Å². The van der Waals surface area contributed by atoms with Crippen molar-refractivity contribution in [3.63, 3.8) is 0 Å². The van der Waals surface area contributed by atoms with Crippen molar-refractivity contribution < 1.29 is 14.0 Å². The molecule has 2 amide bonds. The van der Waals surface area contributed by atoms with Gasteiger partial charge < -0.3 is 11.1 Å². The van der Waals surface area contributed by atoms with Gasteiger partial charge in [-0.1, -0.05) is 54.6 Å². The molecule has 2 fully saturated rings. The Morgan fingerprint density at radius 1 is 1.14 bits per heavy atom. The number of nitriles is 1. The number of nitrogens with zero attached hydrogens (tertiary/aromatic N) is 4. The molecule has 0 radical (unpaired) electrons. The van der Waals surface area contributed by atoms with E-state index < -0.39 is 17.6 Å². The van der Waals surface area contributed by atoms with Crippen molar-refractivity contribution in [3.05, 3.63) is 71.9 Å². The second-order valence-corrected chi connectivity index (χ2v) is 9.92. The van der Waals surface area contributed by atoms with Crippen molar-refractivity contribution in [2.45, 2.75) is 43.9 Å². The average molecular weight is 501 g/mol. The summed E-state index contributed by atoms with van der Waals surface area (Å²) in [5.74, 6) is -1.07. The topological polar surface area (TPSA) is 117 Å². The molecule has 9 heteroatoms. The highest BCUT2D eigenvalue weighted by Gasteiger charge is 2.47. The van der Waals surface area contributed by atoms with Gasteiger partial charge >= 0.3 is 0 Å². The molecule has 2 aliphatic rings. The Morgan fingerprint density at radius 3 is 2.46 bits per heavy atom. The number of hydrogen-bond acceptors (Lipinski definition) is 5. The molecule has 2 heterocycles. The van der Waals surface area contributed by atoms with E-state index in [1.54, 1.807) is 0 Å². The number of piperidine rings is 1. The van der Waals surface area contributed by atoms with E-state index in [9.17, 15) is 14.9 Å². The van der Waals surface area contributed by atoms with Crippen LogP contribution in [0.25, 0.3) is 11.1 Å². The lowest BCUT2D eigenvalue weighted by molar-refractivity contribution is -0.117. The van der Waals surface area contributed by atoms with E-state index in [-0.39, 0.29) is 36.2 Å². The summed E-state index contributed by atoms with van der Waals surface area (Å²) in [6, 6.07) is 20.4. The highest BCUT2D eigenvalue weighted by atomic mass is 19.1. The maximum atomic E-state index is 15.9. The molecule has 1 saturated heterocycles. The number of amides is 2. The van der Waals surface area contributed by atoms with Crippen molar-refractivity contribution >= 4 is 17.6 Å². The van der Waals surface area contributed by atoms with Crippen LogP contribution in [0.1, 0.15) is 41.6 Å². The Morgan fingerprint density at radius 2 is 1.84 bits per heavy atom. The van der Waals surface area contributed by atoms with Crippen LogP contribution >= 0.6 is 0 Å². The lowest BCUT2D eigenvalue weighted by Gasteiger charge is -2.43. The van der Waals surface area contributed by atoms with E-state index in [4.69, 9.17) is 5.73 Å². The molecule has 8 nitrogen and oxygen atoms in total. The molecular formula is C28H29FN6O2. The van der Waals surface area contributed by atoms with Gasteiger partial charge in [0.15, 0.2) is 5.82 Å². The standard InChI is InChI=1S/C28H29FN6O2/c29-24-18-34(16-19-6-8-21(9-7-19)20-4-2-1-3-5-20)15-13-28(24,12-14-30)35-17-23(25(31)36)26(33-35)32-27(37)22-10-11-22/h1-9,17,22,24H,10-13,15-16,18H2,(H2,31,36)(H,32,33,37). The van der Waals surface area contributed by atoms with Crippen molar-refractivity contribution in [2.75, 3.05) is 18.4 Å². The minimum absolute atomic E-state index is 0.0134. The van der Waals surface area contributed by atoms with Crippen molar-refractivity contribution in [1.29, 1.82) is 5.26 Å². The van der Waals surface area contributed by atoms with E-state index in [0.717, 1.165) is 29.5 Å². The Kier molecular flexibility index (Phi) is 6.76. The first kappa shape index (κ1) is 24.7. The number of rotatable bonds is 8. The van der Waals surface area contributed by atoms with E-state index in [2.05, 4.69) is 40.8 Å². The van der Waals surface area contributed by atoms with Crippen molar-refractivity contribution in [1.82, 2.24) is 14.7 Å². The van der Waals surface area contributed by atoms with Gasteiger partial charge in [-0.2, -0.15) is 10.4 Å². The van der Waals surface area contributed by atoms with Gasteiger partial charge in [0.25, 0.3) is 5.91 Å². The van der Waals surface area contributed by atoms with Gasteiger partial charge in [-0.3, -0.25) is 19.2 Å². The summed E-state index contributed by atoms with van der Waals surface area (Å²) in [4.78, 5) is 26.3. The van der Waals surface area contributed by atoms with Crippen molar-refractivity contribution in [3.8, 4) is 17.2 Å². The minimum Gasteiger partial charge on any atom is -0.365 e. The number of hydrogen-bond donors (Lipinski definition) is 2. The van der Waals surface area contributed by atoms with Crippen LogP contribution in [0, 0.1) is 17.2 Å². The average Bonchev–Trinajstić information content (AvgIpc) is 3.67. The van der Waals surface area contributed by atoms with Crippen LogP contribution in [0.4, 0.5) is 10.2 Å². The maximum absolute atomic E-state index is 15.9. The molecule has 0 bridgehead atoms.